The number of primary amides is 1. The first-order valence-electron chi connectivity index (χ1n) is 6.05. The molecule has 8 heteroatoms. The number of nitrogens with zero attached hydrogens (tertiary/aromatic N) is 1. The number of benzene rings is 1. The van der Waals surface area contributed by atoms with Crippen LogP contribution in [0.1, 0.15) is 13.3 Å². The lowest BCUT2D eigenvalue weighted by Crippen LogP contribution is -2.45. The topological polar surface area (TPSA) is 107 Å². The van der Waals surface area contributed by atoms with E-state index >= 15 is 0 Å². The van der Waals surface area contributed by atoms with Crippen molar-refractivity contribution in [3.05, 3.63) is 32.8 Å². The Bertz CT molecular complexity index is 496. The zero-order chi connectivity index (χ0) is 15.1. The highest BCUT2D eigenvalue weighted by Gasteiger charge is 2.21. The van der Waals surface area contributed by atoms with Crippen LogP contribution in [0.4, 0.5) is 5.69 Å². The summed E-state index contributed by atoms with van der Waals surface area (Å²) in [6.07, 6.45) is 0.832. The fourth-order valence-corrected chi connectivity index (χ4v) is 1.98. The van der Waals surface area contributed by atoms with Gasteiger partial charge in [0.05, 0.1) is 9.40 Å². The van der Waals surface area contributed by atoms with Gasteiger partial charge in [0.1, 0.15) is 12.6 Å². The monoisotopic (exact) mass is 345 g/mol. The van der Waals surface area contributed by atoms with Crippen LogP contribution in [0.5, 0.6) is 5.75 Å². The third kappa shape index (κ3) is 4.46. The molecule has 0 aliphatic rings. The fourth-order valence-electron chi connectivity index (χ4n) is 1.51. The number of amides is 1. The van der Waals surface area contributed by atoms with E-state index in [1.807, 2.05) is 6.92 Å². The summed E-state index contributed by atoms with van der Waals surface area (Å²) < 4.78 is 5.85. The van der Waals surface area contributed by atoms with Gasteiger partial charge in [-0.15, -0.1) is 0 Å². The summed E-state index contributed by atoms with van der Waals surface area (Å²) in [6.45, 7) is 2.48. The Morgan fingerprint density at radius 1 is 1.60 bits per heavy atom. The number of nitro groups is 1. The highest BCUT2D eigenvalue weighted by atomic mass is 79.9. The molecule has 0 saturated carbocycles. The molecular weight excluding hydrogens is 330 g/mol. The van der Waals surface area contributed by atoms with Gasteiger partial charge in [-0.3, -0.25) is 14.9 Å². The molecule has 1 aromatic carbocycles. The van der Waals surface area contributed by atoms with Crippen LogP contribution >= 0.6 is 15.9 Å². The van der Waals surface area contributed by atoms with Gasteiger partial charge in [0.15, 0.2) is 0 Å². The SMILES string of the molecule is CCCNC(COc1c(Br)cccc1[N+](=O)[O-])C(N)=O. The predicted molar refractivity (Wildman–Crippen MR) is 77.6 cm³/mol. The van der Waals surface area contributed by atoms with E-state index in [1.165, 1.54) is 12.1 Å². The zero-order valence-corrected chi connectivity index (χ0v) is 12.6. The van der Waals surface area contributed by atoms with E-state index in [2.05, 4.69) is 21.2 Å². The summed E-state index contributed by atoms with van der Waals surface area (Å²) >= 11 is 3.19. The molecular formula is C12H16BrN3O4. The molecule has 0 radical (unpaired) electrons. The number of nitro benzene ring substituents is 1. The van der Waals surface area contributed by atoms with Crippen LogP contribution in [-0.4, -0.2) is 30.0 Å². The summed E-state index contributed by atoms with van der Waals surface area (Å²) in [5.41, 5.74) is 5.08. The number of nitrogens with two attached hydrogens (primary N) is 1. The lowest BCUT2D eigenvalue weighted by molar-refractivity contribution is -0.386. The standard InChI is InChI=1S/C12H16BrN3O4/c1-2-6-15-9(12(14)17)7-20-11-8(13)4-3-5-10(11)16(18)19/h3-5,9,15H,2,6-7H2,1H3,(H2,14,17). The summed E-state index contributed by atoms with van der Waals surface area (Å²) in [7, 11) is 0. The molecule has 7 nitrogen and oxygen atoms in total. The van der Waals surface area contributed by atoms with Gasteiger partial charge in [-0.05, 0) is 35.0 Å². The lowest BCUT2D eigenvalue weighted by atomic mass is 10.2. The minimum absolute atomic E-state index is 0.0706. The van der Waals surface area contributed by atoms with Crippen molar-refractivity contribution in [1.29, 1.82) is 0 Å². The van der Waals surface area contributed by atoms with E-state index in [1.54, 1.807) is 6.07 Å². The Hall–Kier alpha value is -1.67. The molecule has 0 spiro atoms. The second-order valence-corrected chi connectivity index (χ2v) is 4.92. The molecule has 0 aliphatic heterocycles. The van der Waals surface area contributed by atoms with E-state index in [-0.39, 0.29) is 18.0 Å². The number of ether oxygens (including phenoxy) is 1. The van der Waals surface area contributed by atoms with Gasteiger partial charge in [0, 0.05) is 6.07 Å². The minimum Gasteiger partial charge on any atom is -0.484 e. The average molecular weight is 346 g/mol. The van der Waals surface area contributed by atoms with Gasteiger partial charge in [0.25, 0.3) is 0 Å². The largest absolute Gasteiger partial charge is 0.484 e. The minimum atomic E-state index is -0.693. The maximum atomic E-state index is 11.3. The van der Waals surface area contributed by atoms with E-state index < -0.39 is 16.9 Å². The number of carbonyl (C=O) groups is 1. The molecule has 3 N–H and O–H groups in total. The smallest absolute Gasteiger partial charge is 0.312 e. The molecule has 20 heavy (non-hydrogen) atoms. The highest BCUT2D eigenvalue weighted by Crippen LogP contribution is 2.34. The van der Waals surface area contributed by atoms with Crippen LogP contribution in [0.3, 0.4) is 0 Å². The number of rotatable bonds is 8. The molecule has 110 valence electrons. The van der Waals surface area contributed by atoms with E-state index in [9.17, 15) is 14.9 Å². The maximum Gasteiger partial charge on any atom is 0.312 e. The van der Waals surface area contributed by atoms with E-state index in [4.69, 9.17) is 10.5 Å². The van der Waals surface area contributed by atoms with Gasteiger partial charge in [-0.2, -0.15) is 0 Å². The van der Waals surface area contributed by atoms with E-state index in [0.29, 0.717) is 11.0 Å². The van der Waals surface area contributed by atoms with Crippen LogP contribution in [0.25, 0.3) is 0 Å². The normalized spacial score (nSPS) is 11.9. The first-order valence-corrected chi connectivity index (χ1v) is 6.85. The van der Waals surface area contributed by atoms with Crippen molar-refractivity contribution in [3.8, 4) is 5.75 Å². The fraction of sp³-hybridized carbons (Fsp3) is 0.417. The predicted octanol–water partition coefficient (Wildman–Crippen LogP) is 1.59. The first kappa shape index (κ1) is 16.4. The molecule has 1 amide bonds. The third-order valence-corrected chi connectivity index (χ3v) is 3.15. The summed E-state index contributed by atoms with van der Waals surface area (Å²) in [4.78, 5) is 21.6. The lowest BCUT2D eigenvalue weighted by Gasteiger charge is -2.16. The van der Waals surface area contributed by atoms with Gasteiger partial charge in [0.2, 0.25) is 11.7 Å². The Balaban J connectivity index is 2.82. The second kappa shape index (κ2) is 7.81. The van der Waals surface area contributed by atoms with Gasteiger partial charge in [-0.1, -0.05) is 13.0 Å². The number of carbonyl (C=O) groups excluding carboxylic acids is 1. The Labute approximate surface area is 124 Å². The molecule has 1 atom stereocenters. The molecule has 0 aliphatic carbocycles. The number of hydrogen-bond acceptors (Lipinski definition) is 5. The number of nitrogens with one attached hydrogen (secondary N) is 1. The van der Waals surface area contributed by atoms with Gasteiger partial charge in [-0.25, -0.2) is 0 Å². The molecule has 0 aromatic heterocycles. The van der Waals surface area contributed by atoms with Crippen molar-refractivity contribution in [2.45, 2.75) is 19.4 Å². The Morgan fingerprint density at radius 2 is 2.30 bits per heavy atom. The van der Waals surface area contributed by atoms with Crippen molar-refractivity contribution in [2.75, 3.05) is 13.2 Å². The molecule has 0 fully saturated rings. The quantitative estimate of drug-likeness (QED) is 0.549. The molecule has 0 heterocycles. The van der Waals surface area contributed by atoms with Gasteiger partial charge >= 0.3 is 5.69 Å². The molecule has 1 aromatic rings. The van der Waals surface area contributed by atoms with Crippen molar-refractivity contribution in [2.24, 2.45) is 5.73 Å². The summed E-state index contributed by atoms with van der Waals surface area (Å²) in [6, 6.07) is 3.80. The van der Waals surface area contributed by atoms with Crippen molar-refractivity contribution in [1.82, 2.24) is 5.32 Å². The first-order chi connectivity index (χ1) is 9.47. The molecule has 0 saturated heterocycles. The van der Waals surface area contributed by atoms with Crippen molar-refractivity contribution >= 4 is 27.5 Å². The summed E-state index contributed by atoms with van der Waals surface area (Å²) in [5.74, 6) is -0.477. The maximum absolute atomic E-state index is 11.3. The Kier molecular flexibility index (Phi) is 6.40. The van der Waals surface area contributed by atoms with Gasteiger partial charge < -0.3 is 15.8 Å². The molecule has 1 rings (SSSR count). The zero-order valence-electron chi connectivity index (χ0n) is 11.0. The van der Waals surface area contributed by atoms with Crippen LogP contribution in [0.15, 0.2) is 22.7 Å². The second-order valence-electron chi connectivity index (χ2n) is 4.07. The molecule has 0 bridgehead atoms. The summed E-state index contributed by atoms with van der Waals surface area (Å²) in [5, 5.41) is 13.8. The number of halogens is 1. The van der Waals surface area contributed by atoms with Crippen molar-refractivity contribution in [3.63, 3.8) is 0 Å². The van der Waals surface area contributed by atoms with Crippen molar-refractivity contribution < 1.29 is 14.5 Å². The number of hydrogen-bond donors (Lipinski definition) is 2. The Morgan fingerprint density at radius 3 is 2.85 bits per heavy atom. The average Bonchev–Trinajstić information content (AvgIpc) is 2.39. The molecule has 1 unspecified atom stereocenters. The van der Waals surface area contributed by atoms with Crippen LogP contribution < -0.4 is 15.8 Å². The van der Waals surface area contributed by atoms with Crippen LogP contribution in [0, 0.1) is 10.1 Å². The third-order valence-electron chi connectivity index (χ3n) is 2.52. The van der Waals surface area contributed by atoms with Crippen LogP contribution in [-0.2, 0) is 4.79 Å². The highest BCUT2D eigenvalue weighted by molar-refractivity contribution is 9.10. The number of para-hydroxylation sites is 1. The van der Waals surface area contributed by atoms with E-state index in [0.717, 1.165) is 6.42 Å². The van der Waals surface area contributed by atoms with Crippen LogP contribution in [0.2, 0.25) is 0 Å².